The maximum atomic E-state index is 15.2. The van der Waals surface area contributed by atoms with Crippen LogP contribution in [0.2, 0.25) is 0 Å². The Morgan fingerprint density at radius 1 is 0.756 bits per heavy atom. The van der Waals surface area contributed by atoms with Crippen molar-refractivity contribution in [1.82, 2.24) is 0 Å². The average Bonchev–Trinajstić information content (AvgIpc) is 3.04. The van der Waals surface area contributed by atoms with Crippen molar-refractivity contribution in [2.24, 2.45) is 0 Å². The number of benzene rings is 3. The molecule has 2 aliphatic carbocycles. The summed E-state index contributed by atoms with van der Waals surface area (Å²) in [5, 5.41) is 0. The number of carbonyl (C=O) groups excluding carboxylic acids is 1. The van der Waals surface area contributed by atoms with Gasteiger partial charge in [-0.25, -0.2) is 26.7 Å². The lowest BCUT2D eigenvalue weighted by atomic mass is 9.82. The molecule has 0 fully saturated rings. The number of hydrogen-bond donors (Lipinski definition) is 0. The van der Waals surface area contributed by atoms with Crippen LogP contribution in [0, 0.1) is 41.8 Å². The number of carbonyl (C=O) groups is 1. The number of unbranched alkanes of at least 4 members (excludes halogenated alkanes) is 1. The summed E-state index contributed by atoms with van der Waals surface area (Å²) in [7, 11) is 0. The Kier molecular flexibility index (Phi) is 10.0. The molecule has 2 atom stereocenters. The number of ether oxygens (including phenoxy) is 2. The topological polar surface area (TPSA) is 35.5 Å². The van der Waals surface area contributed by atoms with E-state index in [1.54, 1.807) is 12.2 Å². The van der Waals surface area contributed by atoms with Gasteiger partial charge in [-0.1, -0.05) is 43.7 Å². The number of rotatable bonds is 9. The second-order valence-corrected chi connectivity index (χ2v) is 11.6. The molecule has 9 heteroatoms. The van der Waals surface area contributed by atoms with Crippen molar-refractivity contribution in [2.75, 3.05) is 6.61 Å². The molecule has 0 spiro atoms. The summed E-state index contributed by atoms with van der Waals surface area (Å²) < 4.78 is 98.9. The molecule has 0 aliphatic heterocycles. The van der Waals surface area contributed by atoms with Crippen LogP contribution in [-0.2, 0) is 4.74 Å². The highest BCUT2D eigenvalue weighted by molar-refractivity contribution is 5.90. The summed E-state index contributed by atoms with van der Waals surface area (Å²) in [6.45, 7) is 3.72. The van der Waals surface area contributed by atoms with E-state index < -0.39 is 58.5 Å². The maximum absolute atomic E-state index is 15.2. The van der Waals surface area contributed by atoms with E-state index in [0.29, 0.717) is 36.8 Å². The summed E-state index contributed by atoms with van der Waals surface area (Å²) in [5.41, 5.74) is 1.17. The second kappa shape index (κ2) is 14.0. The number of allylic oxidation sites excluding steroid dienone is 3. The second-order valence-electron chi connectivity index (χ2n) is 11.6. The smallest absolute Gasteiger partial charge is 0.341 e. The molecular weight excluding hydrogens is 594 g/mol. The summed E-state index contributed by atoms with van der Waals surface area (Å²) in [5.74, 6) is -7.95. The van der Waals surface area contributed by atoms with Gasteiger partial charge in [-0.2, -0.15) is 4.39 Å². The zero-order chi connectivity index (χ0) is 32.2. The molecule has 2 aliphatic rings. The molecule has 0 radical (unpaired) electrons. The van der Waals surface area contributed by atoms with E-state index in [-0.39, 0.29) is 47.5 Å². The van der Waals surface area contributed by atoms with Crippen LogP contribution in [0.1, 0.15) is 96.8 Å². The zero-order valence-electron chi connectivity index (χ0n) is 25.1. The predicted octanol–water partition coefficient (Wildman–Crippen LogP) is 10.2. The van der Waals surface area contributed by atoms with Crippen molar-refractivity contribution in [2.45, 2.75) is 77.2 Å². The lowest BCUT2D eigenvalue weighted by Crippen LogP contribution is -2.22. The zero-order valence-corrected chi connectivity index (χ0v) is 25.1. The normalized spacial score (nSPS) is 18.3. The first-order valence-electron chi connectivity index (χ1n) is 15.2. The molecule has 0 N–H and O–H groups in total. The first kappa shape index (κ1) is 32.4. The quantitative estimate of drug-likeness (QED) is 0.134. The molecule has 5 rings (SSSR count). The molecule has 0 heterocycles. The lowest BCUT2D eigenvalue weighted by Gasteiger charge is -2.25. The highest BCUT2D eigenvalue weighted by Crippen LogP contribution is 2.40. The van der Waals surface area contributed by atoms with Crippen LogP contribution in [0.15, 0.2) is 48.6 Å². The van der Waals surface area contributed by atoms with Gasteiger partial charge in [0.05, 0.1) is 12.2 Å². The molecule has 0 saturated carbocycles. The third kappa shape index (κ3) is 6.82. The van der Waals surface area contributed by atoms with Gasteiger partial charge in [0.2, 0.25) is 5.82 Å². The molecule has 3 nitrogen and oxygen atoms in total. The van der Waals surface area contributed by atoms with Gasteiger partial charge in [-0.3, -0.25) is 0 Å². The van der Waals surface area contributed by atoms with Crippen molar-refractivity contribution in [3.05, 3.63) is 111 Å². The monoisotopic (exact) mass is 628 g/mol. The van der Waals surface area contributed by atoms with Crippen molar-refractivity contribution in [1.29, 1.82) is 0 Å². The molecule has 0 bridgehead atoms. The first-order valence-corrected chi connectivity index (χ1v) is 15.2. The minimum Gasteiger partial charge on any atom is -0.490 e. The highest BCUT2D eigenvalue weighted by Gasteiger charge is 2.29. The molecular formula is C36H34F6O3. The first-order chi connectivity index (χ1) is 21.6. The minimum absolute atomic E-state index is 0.0864. The van der Waals surface area contributed by atoms with Crippen molar-refractivity contribution < 1.29 is 40.6 Å². The number of halogens is 6. The van der Waals surface area contributed by atoms with Crippen molar-refractivity contribution in [3.8, 4) is 5.75 Å². The van der Waals surface area contributed by atoms with E-state index in [4.69, 9.17) is 9.47 Å². The van der Waals surface area contributed by atoms with Gasteiger partial charge in [0, 0.05) is 17.5 Å². The third-order valence-corrected chi connectivity index (χ3v) is 8.59. The Hall–Kier alpha value is -4.01. The Morgan fingerprint density at radius 2 is 1.42 bits per heavy atom. The van der Waals surface area contributed by atoms with E-state index in [9.17, 15) is 22.4 Å². The van der Waals surface area contributed by atoms with E-state index in [0.717, 1.165) is 12.8 Å². The van der Waals surface area contributed by atoms with Gasteiger partial charge in [0.1, 0.15) is 6.10 Å². The molecule has 238 valence electrons. The summed E-state index contributed by atoms with van der Waals surface area (Å²) in [4.78, 5) is 12.8. The SMILES string of the molecule is CCCCOc1ccc(C2=CCC(c3ccc(C(=O)OC4CC=C(c5ccc(C)c(F)c5F)CC4)c(F)c3F)CC2)c(F)c1F. The summed E-state index contributed by atoms with van der Waals surface area (Å²) in [6, 6.07) is 8.42. The van der Waals surface area contributed by atoms with Crippen LogP contribution in [0.25, 0.3) is 11.1 Å². The van der Waals surface area contributed by atoms with Crippen LogP contribution in [0.3, 0.4) is 0 Å². The largest absolute Gasteiger partial charge is 0.490 e. The van der Waals surface area contributed by atoms with E-state index >= 15 is 8.78 Å². The standard InChI is InChI=1S/C36H34F6O3/c1-3-4-19-44-29-18-17-27(33(40)35(29)42)22-8-6-21(7-9-22)26-15-16-28(34(41)32(26)39)36(43)45-24-12-10-23(11-13-24)25-14-5-20(2)30(37)31(25)38/h5,8,10,14-18,21,24H,3-4,6-7,9,11-13,19H2,1-2H3. The highest BCUT2D eigenvalue weighted by atomic mass is 19.2. The van der Waals surface area contributed by atoms with Gasteiger partial charge in [0.15, 0.2) is 34.8 Å². The fourth-order valence-corrected chi connectivity index (χ4v) is 5.89. The molecule has 2 unspecified atom stereocenters. The van der Waals surface area contributed by atoms with Crippen molar-refractivity contribution in [3.63, 3.8) is 0 Å². The Morgan fingerprint density at radius 3 is 2.07 bits per heavy atom. The number of hydrogen-bond acceptors (Lipinski definition) is 3. The number of aryl methyl sites for hydroxylation is 1. The van der Waals surface area contributed by atoms with Gasteiger partial charge in [-0.15, -0.1) is 0 Å². The molecule has 45 heavy (non-hydrogen) atoms. The Labute approximate surface area is 258 Å². The molecule has 0 aromatic heterocycles. The number of esters is 1. The van der Waals surface area contributed by atoms with E-state index in [1.807, 2.05) is 6.92 Å². The van der Waals surface area contributed by atoms with Gasteiger partial charge < -0.3 is 9.47 Å². The fourth-order valence-electron chi connectivity index (χ4n) is 5.89. The van der Waals surface area contributed by atoms with Crippen LogP contribution >= 0.6 is 0 Å². The van der Waals surface area contributed by atoms with Gasteiger partial charge in [-0.05, 0) is 91.8 Å². The fraction of sp³-hybridized carbons (Fsp3) is 0.361. The van der Waals surface area contributed by atoms with Crippen LogP contribution < -0.4 is 4.74 Å². The van der Waals surface area contributed by atoms with Gasteiger partial charge in [0.25, 0.3) is 0 Å². The Bertz CT molecular complexity index is 1660. The van der Waals surface area contributed by atoms with Crippen molar-refractivity contribution >= 4 is 17.1 Å². The summed E-state index contributed by atoms with van der Waals surface area (Å²) >= 11 is 0. The van der Waals surface area contributed by atoms with Crippen LogP contribution in [-0.4, -0.2) is 18.7 Å². The van der Waals surface area contributed by atoms with E-state index in [1.165, 1.54) is 43.3 Å². The molecule has 3 aromatic rings. The molecule has 3 aromatic carbocycles. The predicted molar refractivity (Wildman–Crippen MR) is 160 cm³/mol. The molecule has 0 amide bonds. The Balaban J connectivity index is 1.23. The minimum atomic E-state index is -1.32. The maximum Gasteiger partial charge on any atom is 0.341 e. The lowest BCUT2D eigenvalue weighted by molar-refractivity contribution is 0.0278. The molecule has 0 saturated heterocycles. The van der Waals surface area contributed by atoms with Crippen LogP contribution in [0.5, 0.6) is 5.75 Å². The van der Waals surface area contributed by atoms with E-state index in [2.05, 4.69) is 0 Å². The van der Waals surface area contributed by atoms with Gasteiger partial charge >= 0.3 is 5.97 Å². The summed E-state index contributed by atoms with van der Waals surface area (Å²) in [6.07, 6.45) is 6.10. The third-order valence-electron chi connectivity index (χ3n) is 8.59. The van der Waals surface area contributed by atoms with Crippen LogP contribution in [0.4, 0.5) is 26.3 Å². The average molecular weight is 629 g/mol.